The number of fused-ring (bicyclic) bond motifs is 1. The van der Waals surface area contributed by atoms with Crippen LogP contribution in [0.2, 0.25) is 0 Å². The number of hydrogen-bond donors (Lipinski definition) is 1. The van der Waals surface area contributed by atoms with Gasteiger partial charge in [0.25, 0.3) is 0 Å². The van der Waals surface area contributed by atoms with Gasteiger partial charge >= 0.3 is 0 Å². The van der Waals surface area contributed by atoms with Crippen molar-refractivity contribution in [2.45, 2.75) is 6.92 Å². The van der Waals surface area contributed by atoms with Crippen molar-refractivity contribution < 1.29 is 14.3 Å². The molecule has 84 valence electrons. The normalized spacial score (nSPS) is 13.1. The predicted octanol–water partition coefficient (Wildman–Crippen LogP) is 1.65. The van der Waals surface area contributed by atoms with Gasteiger partial charge in [-0.1, -0.05) is 0 Å². The molecule has 0 radical (unpaired) electrons. The maximum absolute atomic E-state index is 10.6. The number of halogens is 1. The molecule has 0 saturated heterocycles. The summed E-state index contributed by atoms with van der Waals surface area (Å²) in [5.41, 5.74) is 3.13. The molecule has 5 nitrogen and oxygen atoms in total. The van der Waals surface area contributed by atoms with Gasteiger partial charge in [-0.3, -0.25) is 4.79 Å². The topological polar surface area (TPSA) is 59.9 Å². The Morgan fingerprint density at radius 2 is 2.19 bits per heavy atom. The lowest BCUT2D eigenvalue weighted by Gasteiger charge is -2.01. The second-order valence-corrected chi connectivity index (χ2v) is 4.01. The van der Waals surface area contributed by atoms with E-state index in [9.17, 15) is 4.79 Å². The number of hydrazone groups is 1. The minimum atomic E-state index is -0.215. The second kappa shape index (κ2) is 4.52. The average Bonchev–Trinajstić information content (AvgIpc) is 2.64. The molecule has 0 spiro atoms. The summed E-state index contributed by atoms with van der Waals surface area (Å²) in [4.78, 5) is 10.6. The number of rotatable bonds is 2. The van der Waals surface area contributed by atoms with Crippen LogP contribution in [0.15, 0.2) is 21.7 Å². The molecule has 0 aromatic heterocycles. The molecule has 1 heterocycles. The maximum atomic E-state index is 10.6. The van der Waals surface area contributed by atoms with E-state index >= 15 is 0 Å². The zero-order chi connectivity index (χ0) is 11.5. The van der Waals surface area contributed by atoms with Crippen molar-refractivity contribution in [3.63, 3.8) is 0 Å². The van der Waals surface area contributed by atoms with Crippen molar-refractivity contribution in [1.29, 1.82) is 0 Å². The van der Waals surface area contributed by atoms with Crippen molar-refractivity contribution in [1.82, 2.24) is 5.43 Å². The quantitative estimate of drug-likeness (QED) is 0.664. The van der Waals surface area contributed by atoms with E-state index in [1.165, 1.54) is 13.1 Å². The van der Waals surface area contributed by atoms with Gasteiger partial charge in [0.1, 0.15) is 0 Å². The molecule has 1 aromatic rings. The lowest BCUT2D eigenvalue weighted by molar-refractivity contribution is -0.118. The lowest BCUT2D eigenvalue weighted by Crippen LogP contribution is -2.12. The number of hydrogen-bond acceptors (Lipinski definition) is 4. The molecule has 1 N–H and O–H groups in total. The number of carbonyl (C=O) groups is 1. The molecule has 6 heteroatoms. The summed E-state index contributed by atoms with van der Waals surface area (Å²) in [6, 6.07) is 3.59. The number of ether oxygens (including phenoxy) is 2. The van der Waals surface area contributed by atoms with Crippen LogP contribution in [-0.4, -0.2) is 18.9 Å². The monoisotopic (exact) mass is 284 g/mol. The molecule has 0 fully saturated rings. The van der Waals surface area contributed by atoms with E-state index in [2.05, 4.69) is 26.5 Å². The largest absolute Gasteiger partial charge is 0.454 e. The third kappa shape index (κ3) is 2.33. The minimum Gasteiger partial charge on any atom is -0.454 e. The predicted molar refractivity (Wildman–Crippen MR) is 61.7 cm³/mol. The Morgan fingerprint density at radius 1 is 1.50 bits per heavy atom. The van der Waals surface area contributed by atoms with Gasteiger partial charge in [0.05, 0.1) is 6.21 Å². The molecule has 1 amide bonds. The van der Waals surface area contributed by atoms with Crippen LogP contribution in [0.25, 0.3) is 0 Å². The van der Waals surface area contributed by atoms with Crippen molar-refractivity contribution >= 4 is 28.1 Å². The number of amides is 1. The highest BCUT2D eigenvalue weighted by Gasteiger charge is 2.15. The lowest BCUT2D eigenvalue weighted by atomic mass is 10.2. The summed E-state index contributed by atoms with van der Waals surface area (Å²) in [5.74, 6) is 1.16. The van der Waals surface area contributed by atoms with Crippen LogP contribution < -0.4 is 14.9 Å². The van der Waals surface area contributed by atoms with Gasteiger partial charge in [-0.25, -0.2) is 5.43 Å². The first-order chi connectivity index (χ1) is 7.66. The molecular weight excluding hydrogens is 276 g/mol. The van der Waals surface area contributed by atoms with E-state index in [0.717, 1.165) is 10.0 Å². The first kappa shape index (κ1) is 10.9. The van der Waals surface area contributed by atoms with E-state index in [-0.39, 0.29) is 12.7 Å². The Bertz CT molecular complexity index is 460. The van der Waals surface area contributed by atoms with Crippen LogP contribution >= 0.6 is 15.9 Å². The van der Waals surface area contributed by atoms with E-state index in [1.807, 2.05) is 0 Å². The molecule has 1 aliphatic rings. The summed E-state index contributed by atoms with van der Waals surface area (Å²) in [5, 5.41) is 3.78. The van der Waals surface area contributed by atoms with Gasteiger partial charge in [0.2, 0.25) is 12.7 Å². The third-order valence-electron chi connectivity index (χ3n) is 1.92. The van der Waals surface area contributed by atoms with Crippen LogP contribution in [0.3, 0.4) is 0 Å². The van der Waals surface area contributed by atoms with E-state index in [0.29, 0.717) is 11.5 Å². The van der Waals surface area contributed by atoms with Gasteiger partial charge in [-0.2, -0.15) is 5.10 Å². The summed E-state index contributed by atoms with van der Waals surface area (Å²) < 4.78 is 11.3. The number of benzene rings is 1. The fraction of sp³-hybridized carbons (Fsp3) is 0.200. The molecule has 1 aliphatic heterocycles. The summed E-state index contributed by atoms with van der Waals surface area (Å²) in [6.45, 7) is 1.63. The van der Waals surface area contributed by atoms with Gasteiger partial charge in [-0.15, -0.1) is 0 Å². The van der Waals surface area contributed by atoms with E-state index in [4.69, 9.17) is 9.47 Å². The van der Waals surface area contributed by atoms with Crippen molar-refractivity contribution in [2.24, 2.45) is 5.10 Å². The summed E-state index contributed by atoms with van der Waals surface area (Å²) in [7, 11) is 0. The second-order valence-electron chi connectivity index (χ2n) is 3.15. The fourth-order valence-electron chi connectivity index (χ4n) is 1.22. The van der Waals surface area contributed by atoms with E-state index in [1.54, 1.807) is 12.1 Å². The molecular formula is C10H9BrN2O3. The van der Waals surface area contributed by atoms with Crippen LogP contribution in [0, 0.1) is 0 Å². The highest BCUT2D eigenvalue weighted by Crippen LogP contribution is 2.36. The molecule has 0 saturated carbocycles. The molecule has 16 heavy (non-hydrogen) atoms. The van der Waals surface area contributed by atoms with Crippen LogP contribution in [-0.2, 0) is 4.79 Å². The zero-order valence-corrected chi connectivity index (χ0v) is 10.1. The maximum Gasteiger partial charge on any atom is 0.236 e. The highest BCUT2D eigenvalue weighted by atomic mass is 79.9. The molecule has 0 atom stereocenters. The molecule has 0 aliphatic carbocycles. The Morgan fingerprint density at radius 3 is 2.88 bits per heavy atom. The van der Waals surface area contributed by atoms with Gasteiger partial charge < -0.3 is 9.47 Å². The Hall–Kier alpha value is -1.56. The van der Waals surface area contributed by atoms with Gasteiger partial charge in [-0.05, 0) is 28.1 Å². The average molecular weight is 285 g/mol. The van der Waals surface area contributed by atoms with Crippen molar-refractivity contribution in [3.8, 4) is 11.5 Å². The number of nitrogens with one attached hydrogen (secondary N) is 1. The summed E-state index contributed by atoms with van der Waals surface area (Å²) in [6.07, 6.45) is 1.54. The number of nitrogens with zero attached hydrogens (tertiary/aromatic N) is 1. The fourth-order valence-corrected chi connectivity index (χ4v) is 1.65. The van der Waals surface area contributed by atoms with Gasteiger partial charge in [0.15, 0.2) is 11.5 Å². The first-order valence-corrected chi connectivity index (χ1v) is 5.35. The van der Waals surface area contributed by atoms with Crippen LogP contribution in [0.4, 0.5) is 0 Å². The number of carbonyl (C=O) groups excluding carboxylic acids is 1. The molecule has 2 rings (SSSR count). The standard InChI is InChI=1S/C10H9BrN2O3/c1-6(14)13-12-4-7-2-9-10(3-8(7)11)16-5-15-9/h2-4H,5H2,1H3,(H,13,14). The SMILES string of the molecule is CC(=O)NN=Cc1cc2c(cc1Br)OCO2. The third-order valence-corrected chi connectivity index (χ3v) is 2.60. The highest BCUT2D eigenvalue weighted by molar-refractivity contribution is 9.10. The van der Waals surface area contributed by atoms with Crippen LogP contribution in [0.1, 0.15) is 12.5 Å². The Kier molecular flexibility index (Phi) is 3.09. The Balaban J connectivity index is 2.21. The molecule has 0 bridgehead atoms. The minimum absolute atomic E-state index is 0.215. The molecule has 1 aromatic carbocycles. The van der Waals surface area contributed by atoms with Crippen molar-refractivity contribution in [3.05, 3.63) is 22.2 Å². The van der Waals surface area contributed by atoms with E-state index < -0.39 is 0 Å². The summed E-state index contributed by atoms with van der Waals surface area (Å²) >= 11 is 3.38. The van der Waals surface area contributed by atoms with Crippen LogP contribution in [0.5, 0.6) is 11.5 Å². The Labute approximate surface area is 101 Å². The zero-order valence-electron chi connectivity index (χ0n) is 8.49. The smallest absolute Gasteiger partial charge is 0.236 e. The van der Waals surface area contributed by atoms with Gasteiger partial charge in [0, 0.05) is 17.0 Å². The molecule has 0 unspecified atom stereocenters. The first-order valence-electron chi connectivity index (χ1n) is 4.55. The van der Waals surface area contributed by atoms with Crippen molar-refractivity contribution in [2.75, 3.05) is 6.79 Å².